The van der Waals surface area contributed by atoms with Crippen LogP contribution in [0.1, 0.15) is 67.2 Å². The summed E-state index contributed by atoms with van der Waals surface area (Å²) < 4.78 is 5.49. The van der Waals surface area contributed by atoms with Crippen molar-refractivity contribution in [3.63, 3.8) is 0 Å². The van der Waals surface area contributed by atoms with Crippen LogP contribution in [0.15, 0.2) is 0 Å². The van der Waals surface area contributed by atoms with Crippen LogP contribution in [-0.2, 0) is 9.53 Å². The highest BCUT2D eigenvalue weighted by atomic mass is 16.6. The molecule has 1 atom stereocenters. The summed E-state index contributed by atoms with van der Waals surface area (Å²) in [6.45, 7) is 12.7. The van der Waals surface area contributed by atoms with E-state index in [2.05, 4.69) is 26.1 Å². The molecular weight excluding hydrogens is 240 g/mol. The molecule has 0 aromatic carbocycles. The van der Waals surface area contributed by atoms with Crippen molar-refractivity contribution in [3.8, 4) is 0 Å². The summed E-state index contributed by atoms with van der Waals surface area (Å²) in [7, 11) is 0. The molecule has 0 amide bonds. The Labute approximate surface area is 118 Å². The van der Waals surface area contributed by atoms with Crippen LogP contribution in [0, 0.1) is 0 Å². The predicted molar refractivity (Wildman–Crippen MR) is 80.0 cm³/mol. The Bertz CT molecular complexity index is 270. The number of carbonyl (C=O) groups excluding carboxylic acids is 1. The van der Waals surface area contributed by atoms with Gasteiger partial charge in [0.1, 0.15) is 11.6 Å². The van der Waals surface area contributed by atoms with Crippen LogP contribution >= 0.6 is 0 Å². The van der Waals surface area contributed by atoms with Crippen molar-refractivity contribution in [2.24, 2.45) is 5.73 Å². The van der Waals surface area contributed by atoms with Gasteiger partial charge in [-0.1, -0.05) is 13.3 Å². The van der Waals surface area contributed by atoms with Crippen molar-refractivity contribution in [2.45, 2.75) is 84.4 Å². The van der Waals surface area contributed by atoms with Crippen molar-refractivity contribution < 1.29 is 9.53 Å². The second kappa shape index (κ2) is 7.85. The number of hydrogen-bond acceptors (Lipinski definition) is 4. The molecule has 0 rings (SSSR count). The smallest absolute Gasteiger partial charge is 0.323 e. The number of esters is 1. The third kappa shape index (κ3) is 9.00. The molecule has 0 aliphatic rings. The van der Waals surface area contributed by atoms with Crippen LogP contribution in [0.5, 0.6) is 0 Å². The molecule has 0 aliphatic carbocycles. The number of unbranched alkanes of at least 4 members (excludes halogenated alkanes) is 1. The number of carbonyl (C=O) groups is 1. The van der Waals surface area contributed by atoms with Gasteiger partial charge in [-0.05, 0) is 60.4 Å². The maximum Gasteiger partial charge on any atom is 0.323 e. The van der Waals surface area contributed by atoms with E-state index in [1.54, 1.807) is 0 Å². The topological polar surface area (TPSA) is 64.3 Å². The second-order valence-corrected chi connectivity index (χ2v) is 6.75. The highest BCUT2D eigenvalue weighted by Gasteiger charge is 2.29. The van der Waals surface area contributed by atoms with Crippen LogP contribution in [-0.4, -0.2) is 29.7 Å². The Morgan fingerprint density at radius 3 is 2.21 bits per heavy atom. The Morgan fingerprint density at radius 1 is 1.21 bits per heavy atom. The highest BCUT2D eigenvalue weighted by molar-refractivity contribution is 5.76. The van der Waals surface area contributed by atoms with E-state index in [0.717, 1.165) is 25.7 Å². The molecule has 0 aliphatic heterocycles. The molecule has 0 spiro atoms. The Hall–Kier alpha value is -0.610. The van der Waals surface area contributed by atoms with Crippen LogP contribution < -0.4 is 11.1 Å². The number of hydrogen-bond donors (Lipinski definition) is 2. The summed E-state index contributed by atoms with van der Waals surface area (Å²) in [6, 6.07) is -0.249. The van der Waals surface area contributed by atoms with Gasteiger partial charge >= 0.3 is 5.97 Å². The van der Waals surface area contributed by atoms with Gasteiger partial charge in [-0.3, -0.25) is 10.1 Å². The normalized spacial score (nSPS) is 14.3. The molecule has 0 aromatic rings. The molecule has 0 radical (unpaired) electrons. The SMILES string of the molecule is CCC(C)(C)NC(CCCCN)C(=O)OC(C)(C)C. The minimum absolute atomic E-state index is 0.0652. The molecule has 0 bridgehead atoms. The first kappa shape index (κ1) is 18.4. The van der Waals surface area contributed by atoms with Gasteiger partial charge in [-0.2, -0.15) is 0 Å². The van der Waals surface area contributed by atoms with E-state index in [1.165, 1.54) is 0 Å². The minimum Gasteiger partial charge on any atom is -0.459 e. The van der Waals surface area contributed by atoms with Gasteiger partial charge in [0.2, 0.25) is 0 Å². The van der Waals surface area contributed by atoms with Crippen molar-refractivity contribution in [1.82, 2.24) is 5.32 Å². The molecule has 0 saturated carbocycles. The summed E-state index contributed by atoms with van der Waals surface area (Å²) in [4.78, 5) is 12.2. The van der Waals surface area contributed by atoms with E-state index in [9.17, 15) is 4.79 Å². The van der Waals surface area contributed by atoms with Gasteiger partial charge < -0.3 is 10.5 Å². The third-order valence-corrected chi connectivity index (χ3v) is 3.09. The van der Waals surface area contributed by atoms with Crippen molar-refractivity contribution in [3.05, 3.63) is 0 Å². The average Bonchev–Trinajstić information content (AvgIpc) is 2.25. The predicted octanol–water partition coefficient (Wildman–Crippen LogP) is 2.60. The molecule has 0 fully saturated rings. The number of ether oxygens (including phenoxy) is 1. The van der Waals surface area contributed by atoms with E-state index < -0.39 is 5.60 Å². The number of rotatable bonds is 8. The van der Waals surface area contributed by atoms with Gasteiger partial charge in [0, 0.05) is 5.54 Å². The standard InChI is InChI=1S/C15H32N2O2/c1-7-15(5,6)17-12(10-8-9-11-16)13(18)19-14(2,3)4/h12,17H,7-11,16H2,1-6H3. The van der Waals surface area contributed by atoms with Crippen molar-refractivity contribution in [2.75, 3.05) is 6.54 Å². The summed E-state index contributed by atoms with van der Waals surface area (Å²) in [5.74, 6) is -0.161. The molecule has 114 valence electrons. The first-order chi connectivity index (χ1) is 8.61. The quantitative estimate of drug-likeness (QED) is 0.526. The third-order valence-electron chi connectivity index (χ3n) is 3.09. The fourth-order valence-electron chi connectivity index (χ4n) is 1.69. The molecule has 0 saturated heterocycles. The van der Waals surface area contributed by atoms with Crippen LogP contribution in [0.25, 0.3) is 0 Å². The summed E-state index contributed by atoms with van der Waals surface area (Å²) in [5.41, 5.74) is 5.00. The van der Waals surface area contributed by atoms with E-state index in [-0.39, 0.29) is 17.6 Å². The van der Waals surface area contributed by atoms with E-state index in [1.807, 2.05) is 20.8 Å². The Kier molecular flexibility index (Phi) is 7.60. The van der Waals surface area contributed by atoms with Gasteiger partial charge in [-0.15, -0.1) is 0 Å². The molecular formula is C15H32N2O2. The zero-order chi connectivity index (χ0) is 15.1. The number of nitrogens with one attached hydrogen (secondary N) is 1. The van der Waals surface area contributed by atoms with E-state index in [0.29, 0.717) is 6.54 Å². The molecule has 0 aromatic heterocycles. The van der Waals surface area contributed by atoms with Crippen molar-refractivity contribution in [1.29, 1.82) is 0 Å². The molecule has 4 nitrogen and oxygen atoms in total. The minimum atomic E-state index is -0.443. The van der Waals surface area contributed by atoms with E-state index in [4.69, 9.17) is 10.5 Å². The summed E-state index contributed by atoms with van der Waals surface area (Å²) in [5, 5.41) is 3.41. The summed E-state index contributed by atoms with van der Waals surface area (Å²) >= 11 is 0. The lowest BCUT2D eigenvalue weighted by Crippen LogP contribution is -2.50. The maximum atomic E-state index is 12.2. The molecule has 0 heterocycles. The molecule has 4 heteroatoms. The zero-order valence-corrected chi connectivity index (χ0v) is 13.5. The fraction of sp³-hybridized carbons (Fsp3) is 0.933. The Balaban J connectivity index is 4.61. The maximum absolute atomic E-state index is 12.2. The van der Waals surface area contributed by atoms with Crippen LogP contribution in [0.4, 0.5) is 0 Å². The highest BCUT2D eigenvalue weighted by Crippen LogP contribution is 2.15. The van der Waals surface area contributed by atoms with E-state index >= 15 is 0 Å². The average molecular weight is 272 g/mol. The van der Waals surface area contributed by atoms with Crippen LogP contribution in [0.3, 0.4) is 0 Å². The summed E-state index contributed by atoms with van der Waals surface area (Å²) in [6.07, 6.45) is 3.61. The second-order valence-electron chi connectivity index (χ2n) is 6.75. The lowest BCUT2D eigenvalue weighted by atomic mass is 9.98. The fourth-order valence-corrected chi connectivity index (χ4v) is 1.69. The zero-order valence-electron chi connectivity index (χ0n) is 13.5. The number of nitrogens with two attached hydrogens (primary N) is 1. The molecule has 1 unspecified atom stereocenters. The first-order valence-corrected chi connectivity index (χ1v) is 7.32. The molecule has 3 N–H and O–H groups in total. The van der Waals surface area contributed by atoms with Gasteiger partial charge in [0.15, 0.2) is 0 Å². The van der Waals surface area contributed by atoms with Gasteiger partial charge in [0.25, 0.3) is 0 Å². The molecule has 19 heavy (non-hydrogen) atoms. The first-order valence-electron chi connectivity index (χ1n) is 7.32. The van der Waals surface area contributed by atoms with Crippen LogP contribution in [0.2, 0.25) is 0 Å². The van der Waals surface area contributed by atoms with Crippen molar-refractivity contribution >= 4 is 5.97 Å². The lowest BCUT2D eigenvalue weighted by Gasteiger charge is -2.32. The van der Waals surface area contributed by atoms with Gasteiger partial charge in [0.05, 0.1) is 0 Å². The lowest BCUT2D eigenvalue weighted by molar-refractivity contribution is -0.158. The largest absolute Gasteiger partial charge is 0.459 e. The Morgan fingerprint density at radius 2 is 1.79 bits per heavy atom. The monoisotopic (exact) mass is 272 g/mol. The van der Waals surface area contributed by atoms with Gasteiger partial charge in [-0.25, -0.2) is 0 Å².